The summed E-state index contributed by atoms with van der Waals surface area (Å²) in [6.07, 6.45) is -4.09. The second-order valence-electron chi connectivity index (χ2n) is 7.64. The van der Waals surface area contributed by atoms with E-state index in [1.54, 1.807) is 6.92 Å². The summed E-state index contributed by atoms with van der Waals surface area (Å²) in [4.78, 5) is 11.2. The smallest absolute Gasteiger partial charge is 0.355 e. The molecule has 0 amide bonds. The Hall–Kier alpha value is -0.670. The van der Waals surface area contributed by atoms with Gasteiger partial charge in [0.15, 0.2) is 11.9 Å². The molecular formula is C16H21F3O5. The van der Waals surface area contributed by atoms with Crippen LogP contribution in [0.25, 0.3) is 0 Å². The van der Waals surface area contributed by atoms with Crippen molar-refractivity contribution >= 4 is 0 Å². The van der Waals surface area contributed by atoms with E-state index in [1.165, 1.54) is 0 Å². The molecule has 5 rings (SSSR count). The first-order valence-electron chi connectivity index (χ1n) is 8.24. The lowest BCUT2D eigenvalue weighted by molar-refractivity contribution is -0.581. The van der Waals surface area contributed by atoms with Gasteiger partial charge in [-0.2, -0.15) is 13.2 Å². The lowest BCUT2D eigenvalue weighted by Crippen LogP contribution is -2.73. The fourth-order valence-electron chi connectivity index (χ4n) is 4.86. The summed E-state index contributed by atoms with van der Waals surface area (Å²) >= 11 is 0. The van der Waals surface area contributed by atoms with Crippen LogP contribution >= 0.6 is 0 Å². The van der Waals surface area contributed by atoms with Crippen LogP contribution in [0.5, 0.6) is 0 Å². The normalized spacial score (nSPS) is 54.3. The molecule has 8 heteroatoms. The van der Waals surface area contributed by atoms with Crippen LogP contribution in [0.1, 0.15) is 39.5 Å². The van der Waals surface area contributed by atoms with E-state index in [4.69, 9.17) is 19.2 Å². The van der Waals surface area contributed by atoms with E-state index in [-0.39, 0.29) is 11.8 Å². The molecule has 5 aliphatic rings. The molecule has 1 aliphatic carbocycles. The number of alkyl halides is 3. The molecule has 4 heterocycles. The summed E-state index contributed by atoms with van der Waals surface area (Å²) < 4.78 is 51.4. The molecule has 0 radical (unpaired) electrons. The van der Waals surface area contributed by atoms with E-state index in [9.17, 15) is 18.3 Å². The Kier molecular flexibility index (Phi) is 3.31. The monoisotopic (exact) mass is 350 g/mol. The number of halogens is 3. The van der Waals surface area contributed by atoms with E-state index in [0.29, 0.717) is 19.3 Å². The topological polar surface area (TPSA) is 57.2 Å². The first kappa shape index (κ1) is 16.8. The predicted molar refractivity (Wildman–Crippen MR) is 74.0 cm³/mol. The van der Waals surface area contributed by atoms with Gasteiger partial charge >= 0.3 is 6.18 Å². The number of hydrogen-bond acceptors (Lipinski definition) is 5. The molecule has 1 spiro atoms. The van der Waals surface area contributed by atoms with E-state index >= 15 is 0 Å². The zero-order valence-corrected chi connectivity index (χ0v) is 13.6. The van der Waals surface area contributed by atoms with Gasteiger partial charge < -0.3 is 14.6 Å². The molecule has 0 aromatic heterocycles. The molecule has 5 fully saturated rings. The summed E-state index contributed by atoms with van der Waals surface area (Å²) in [7, 11) is 0. The van der Waals surface area contributed by atoms with E-state index < -0.39 is 41.1 Å². The summed E-state index contributed by atoms with van der Waals surface area (Å²) in [5.41, 5.74) is -1.64. The fourth-order valence-corrected chi connectivity index (χ4v) is 4.86. The molecule has 1 N–H and O–H groups in total. The molecule has 1 saturated carbocycles. The van der Waals surface area contributed by atoms with E-state index in [2.05, 4.69) is 6.58 Å². The Labute approximate surface area is 137 Å². The minimum absolute atomic E-state index is 0.0971. The molecule has 7 atom stereocenters. The third kappa shape index (κ3) is 1.89. The third-order valence-electron chi connectivity index (χ3n) is 6.24. The van der Waals surface area contributed by atoms with Gasteiger partial charge in [-0.3, -0.25) is 0 Å². The SMILES string of the molecule is C=C1[C@@H]2CC[C@@H](C)C3CC[C@]4(C)OO[C@]32[C@@H](O4)O[C@@]1(O)C(F)(F)F. The first-order valence-corrected chi connectivity index (χ1v) is 8.24. The van der Waals surface area contributed by atoms with Crippen LogP contribution in [-0.2, 0) is 19.2 Å². The van der Waals surface area contributed by atoms with Crippen LogP contribution in [-0.4, -0.2) is 34.7 Å². The van der Waals surface area contributed by atoms with Gasteiger partial charge in [-0.1, -0.05) is 13.5 Å². The predicted octanol–water partition coefficient (Wildman–Crippen LogP) is 3.04. The lowest BCUT2D eigenvalue weighted by Gasteiger charge is -2.60. The van der Waals surface area contributed by atoms with Gasteiger partial charge in [0.1, 0.15) is 0 Å². The molecule has 0 aromatic carbocycles. The number of aliphatic hydroxyl groups is 1. The summed E-state index contributed by atoms with van der Waals surface area (Å²) in [6, 6.07) is 0. The maximum atomic E-state index is 13.5. The van der Waals surface area contributed by atoms with Crippen molar-refractivity contribution in [2.24, 2.45) is 17.8 Å². The Bertz CT molecular complexity index is 581. The van der Waals surface area contributed by atoms with Gasteiger partial charge in [-0.15, -0.1) is 0 Å². The van der Waals surface area contributed by atoms with Crippen molar-refractivity contribution in [1.29, 1.82) is 0 Å². The molecule has 136 valence electrons. The minimum Gasteiger partial charge on any atom is -0.355 e. The van der Waals surface area contributed by atoms with Crippen LogP contribution < -0.4 is 0 Å². The highest BCUT2D eigenvalue weighted by Crippen LogP contribution is 2.63. The standard InChI is InChI=1S/C16H21F3O5/c1-8-4-5-11-9(2)15(20,16(17,18)19)22-12-14(11)10(8)6-7-13(3,21-12)23-24-14/h8,10-12,20H,2,4-7H2,1,3H3/t8-,10?,11+,12+,13+,14-,15-/m1/s1. The largest absolute Gasteiger partial charge is 0.447 e. The summed E-state index contributed by atoms with van der Waals surface area (Å²) in [5, 5.41) is 10.3. The van der Waals surface area contributed by atoms with Gasteiger partial charge in [0.05, 0.1) is 0 Å². The Morgan fingerprint density at radius 1 is 1.17 bits per heavy atom. The number of hydrogen-bond donors (Lipinski definition) is 1. The summed E-state index contributed by atoms with van der Waals surface area (Å²) in [6.45, 7) is 7.20. The molecule has 1 unspecified atom stereocenters. The highest BCUT2D eigenvalue weighted by atomic mass is 19.4. The van der Waals surface area contributed by atoms with Gasteiger partial charge in [-0.05, 0) is 43.6 Å². The van der Waals surface area contributed by atoms with Crippen molar-refractivity contribution in [3.63, 3.8) is 0 Å². The first-order chi connectivity index (χ1) is 11.0. The van der Waals surface area contributed by atoms with Gasteiger partial charge in [0, 0.05) is 12.3 Å². The van der Waals surface area contributed by atoms with Crippen LogP contribution in [0.3, 0.4) is 0 Å². The molecular weight excluding hydrogens is 329 g/mol. The van der Waals surface area contributed by atoms with Crippen LogP contribution in [0.4, 0.5) is 13.2 Å². The highest BCUT2D eigenvalue weighted by molar-refractivity contribution is 5.27. The Balaban J connectivity index is 1.85. The zero-order chi connectivity index (χ0) is 17.5. The van der Waals surface area contributed by atoms with Crippen LogP contribution in [0.2, 0.25) is 0 Å². The van der Waals surface area contributed by atoms with Crippen molar-refractivity contribution in [1.82, 2.24) is 0 Å². The molecule has 4 aliphatic heterocycles. The number of ether oxygens (including phenoxy) is 2. The average molecular weight is 350 g/mol. The second kappa shape index (κ2) is 4.73. The molecule has 24 heavy (non-hydrogen) atoms. The lowest BCUT2D eigenvalue weighted by atomic mass is 9.58. The second-order valence-corrected chi connectivity index (χ2v) is 7.64. The molecule has 4 saturated heterocycles. The number of rotatable bonds is 0. The minimum atomic E-state index is -5.01. The van der Waals surface area contributed by atoms with E-state index in [0.717, 1.165) is 6.42 Å². The molecule has 0 aromatic rings. The Morgan fingerprint density at radius 3 is 2.54 bits per heavy atom. The fraction of sp³-hybridized carbons (Fsp3) is 0.875. The van der Waals surface area contributed by atoms with Crippen molar-refractivity contribution in [2.45, 2.75) is 69.2 Å². The average Bonchev–Trinajstić information content (AvgIpc) is 2.70. The van der Waals surface area contributed by atoms with Crippen LogP contribution in [0.15, 0.2) is 12.2 Å². The number of fused-ring (bicyclic) bond motifs is 2. The quantitative estimate of drug-likeness (QED) is 0.538. The van der Waals surface area contributed by atoms with Crippen molar-refractivity contribution in [3.05, 3.63) is 12.2 Å². The van der Waals surface area contributed by atoms with Crippen molar-refractivity contribution in [2.75, 3.05) is 0 Å². The third-order valence-corrected chi connectivity index (χ3v) is 6.24. The zero-order valence-electron chi connectivity index (χ0n) is 13.6. The highest BCUT2D eigenvalue weighted by Gasteiger charge is 2.75. The Morgan fingerprint density at radius 2 is 1.88 bits per heavy atom. The van der Waals surface area contributed by atoms with Gasteiger partial charge in [0.25, 0.3) is 5.79 Å². The van der Waals surface area contributed by atoms with Crippen molar-refractivity contribution < 1.29 is 37.5 Å². The van der Waals surface area contributed by atoms with Crippen molar-refractivity contribution in [3.8, 4) is 0 Å². The van der Waals surface area contributed by atoms with Gasteiger partial charge in [-0.25, -0.2) is 9.78 Å². The van der Waals surface area contributed by atoms with Gasteiger partial charge in [0.2, 0.25) is 5.79 Å². The van der Waals surface area contributed by atoms with E-state index in [1.807, 2.05) is 6.92 Å². The molecule has 2 bridgehead atoms. The molecule has 5 nitrogen and oxygen atoms in total. The maximum Gasteiger partial charge on any atom is 0.447 e. The van der Waals surface area contributed by atoms with Crippen LogP contribution in [0, 0.1) is 17.8 Å². The summed E-state index contributed by atoms with van der Waals surface area (Å²) in [5.74, 6) is -5.28. The maximum absolute atomic E-state index is 13.5.